The smallest absolute Gasteiger partial charge is 0.227 e. The average molecular weight is 347 g/mol. The van der Waals surface area contributed by atoms with Gasteiger partial charge in [-0.1, -0.05) is 18.2 Å². The Morgan fingerprint density at radius 3 is 2.73 bits per heavy atom. The molecule has 0 atom stereocenters. The van der Waals surface area contributed by atoms with Gasteiger partial charge in [0.15, 0.2) is 11.5 Å². The summed E-state index contributed by atoms with van der Waals surface area (Å²) in [6.07, 6.45) is 6.57. The lowest BCUT2D eigenvalue weighted by Crippen LogP contribution is -2.37. The number of fused-ring (bicyclic) bond motifs is 1. The van der Waals surface area contributed by atoms with Crippen molar-refractivity contribution >= 4 is 17.4 Å². The van der Waals surface area contributed by atoms with Gasteiger partial charge in [-0.3, -0.25) is 4.79 Å². The minimum atomic E-state index is 0.227. The van der Waals surface area contributed by atoms with Gasteiger partial charge in [0.1, 0.15) is 6.07 Å². The molecule has 26 heavy (non-hydrogen) atoms. The summed E-state index contributed by atoms with van der Waals surface area (Å²) in [5.74, 6) is 1.27. The quantitative estimate of drug-likeness (QED) is 0.853. The number of anilines is 2. The SMILES string of the molecule is N#Cc1nccnc1N1CCC(CC(=O)N2CCc3ccccc32)CC1. The van der Waals surface area contributed by atoms with Crippen molar-refractivity contribution in [2.24, 2.45) is 5.92 Å². The highest BCUT2D eigenvalue weighted by atomic mass is 16.2. The summed E-state index contributed by atoms with van der Waals surface area (Å²) >= 11 is 0. The van der Waals surface area contributed by atoms with Gasteiger partial charge >= 0.3 is 0 Å². The van der Waals surface area contributed by atoms with Crippen LogP contribution in [0.2, 0.25) is 0 Å². The van der Waals surface area contributed by atoms with Crippen LogP contribution in [-0.2, 0) is 11.2 Å². The fourth-order valence-electron chi connectivity index (χ4n) is 3.94. The number of carbonyl (C=O) groups excluding carboxylic acids is 1. The van der Waals surface area contributed by atoms with Crippen LogP contribution in [0.4, 0.5) is 11.5 Å². The number of hydrogen-bond donors (Lipinski definition) is 0. The fraction of sp³-hybridized carbons (Fsp3) is 0.400. The molecule has 1 amide bonds. The van der Waals surface area contributed by atoms with Crippen molar-refractivity contribution in [1.82, 2.24) is 9.97 Å². The molecule has 4 rings (SSSR count). The van der Waals surface area contributed by atoms with E-state index in [1.165, 1.54) is 5.56 Å². The van der Waals surface area contributed by atoms with Gasteiger partial charge in [-0.15, -0.1) is 0 Å². The van der Waals surface area contributed by atoms with Crippen molar-refractivity contribution in [3.63, 3.8) is 0 Å². The van der Waals surface area contributed by atoms with E-state index < -0.39 is 0 Å². The zero-order chi connectivity index (χ0) is 17.9. The minimum Gasteiger partial charge on any atom is -0.354 e. The zero-order valence-corrected chi connectivity index (χ0v) is 14.6. The minimum absolute atomic E-state index is 0.227. The molecule has 0 bridgehead atoms. The number of rotatable bonds is 3. The van der Waals surface area contributed by atoms with Crippen LogP contribution in [0.15, 0.2) is 36.7 Å². The Morgan fingerprint density at radius 2 is 1.92 bits per heavy atom. The molecule has 0 N–H and O–H groups in total. The Kier molecular flexibility index (Phi) is 4.53. The summed E-state index contributed by atoms with van der Waals surface area (Å²) in [6.45, 7) is 2.41. The molecule has 0 unspecified atom stereocenters. The number of nitrogens with zero attached hydrogens (tertiary/aromatic N) is 5. The van der Waals surface area contributed by atoms with E-state index in [0.717, 1.165) is 44.6 Å². The summed E-state index contributed by atoms with van der Waals surface area (Å²) in [6, 6.07) is 10.3. The van der Waals surface area contributed by atoms with Crippen LogP contribution in [-0.4, -0.2) is 35.5 Å². The summed E-state index contributed by atoms with van der Waals surface area (Å²) in [4.78, 5) is 25.2. The van der Waals surface area contributed by atoms with Gasteiger partial charge in [-0.25, -0.2) is 9.97 Å². The predicted octanol–water partition coefficient (Wildman–Crippen LogP) is 2.54. The highest BCUT2D eigenvalue weighted by Crippen LogP contribution is 2.31. The number of aromatic nitrogens is 2. The molecule has 0 saturated carbocycles. The highest BCUT2D eigenvalue weighted by Gasteiger charge is 2.28. The molecule has 1 aromatic heterocycles. The van der Waals surface area contributed by atoms with E-state index >= 15 is 0 Å². The molecular weight excluding hydrogens is 326 g/mol. The maximum atomic E-state index is 12.8. The van der Waals surface area contributed by atoms with Crippen LogP contribution >= 0.6 is 0 Å². The van der Waals surface area contributed by atoms with Crippen LogP contribution in [0.25, 0.3) is 0 Å². The second kappa shape index (κ2) is 7.12. The van der Waals surface area contributed by atoms with E-state index in [-0.39, 0.29) is 5.91 Å². The van der Waals surface area contributed by atoms with Crippen LogP contribution in [0, 0.1) is 17.2 Å². The molecule has 1 aromatic carbocycles. The van der Waals surface area contributed by atoms with Gasteiger partial charge in [0.2, 0.25) is 5.91 Å². The number of piperidine rings is 1. The third kappa shape index (κ3) is 3.13. The van der Waals surface area contributed by atoms with Crippen LogP contribution in [0.1, 0.15) is 30.5 Å². The molecule has 2 aliphatic heterocycles. The van der Waals surface area contributed by atoms with Crippen molar-refractivity contribution < 1.29 is 4.79 Å². The van der Waals surface area contributed by atoms with Gasteiger partial charge in [-0.05, 0) is 36.8 Å². The van der Waals surface area contributed by atoms with E-state index in [9.17, 15) is 10.1 Å². The monoisotopic (exact) mass is 347 g/mol. The van der Waals surface area contributed by atoms with Crippen LogP contribution in [0.5, 0.6) is 0 Å². The summed E-state index contributed by atoms with van der Waals surface area (Å²) in [7, 11) is 0. The molecule has 3 heterocycles. The van der Waals surface area contributed by atoms with Crippen LogP contribution < -0.4 is 9.80 Å². The summed E-state index contributed by atoms with van der Waals surface area (Å²) in [5, 5.41) is 9.19. The molecule has 2 aromatic rings. The molecule has 132 valence electrons. The fourth-order valence-corrected chi connectivity index (χ4v) is 3.94. The lowest BCUT2D eigenvalue weighted by molar-refractivity contribution is -0.119. The van der Waals surface area contributed by atoms with Gasteiger partial charge in [0.05, 0.1) is 0 Å². The first-order valence-electron chi connectivity index (χ1n) is 9.10. The molecule has 1 fully saturated rings. The van der Waals surface area contributed by atoms with Crippen molar-refractivity contribution in [1.29, 1.82) is 5.26 Å². The number of amides is 1. The summed E-state index contributed by atoms with van der Waals surface area (Å²) in [5.41, 5.74) is 2.71. The second-order valence-corrected chi connectivity index (χ2v) is 6.90. The maximum Gasteiger partial charge on any atom is 0.227 e. The third-order valence-electron chi connectivity index (χ3n) is 5.35. The van der Waals surface area contributed by atoms with E-state index in [1.807, 2.05) is 23.1 Å². The Labute approximate surface area is 153 Å². The van der Waals surface area contributed by atoms with Crippen LogP contribution in [0.3, 0.4) is 0 Å². The highest BCUT2D eigenvalue weighted by molar-refractivity contribution is 5.95. The molecule has 1 saturated heterocycles. The lowest BCUT2D eigenvalue weighted by atomic mass is 9.93. The largest absolute Gasteiger partial charge is 0.354 e. The van der Waals surface area contributed by atoms with E-state index in [2.05, 4.69) is 27.0 Å². The zero-order valence-electron chi connectivity index (χ0n) is 14.6. The van der Waals surface area contributed by atoms with Gasteiger partial charge in [0, 0.05) is 44.1 Å². The molecular formula is C20H21N5O. The van der Waals surface area contributed by atoms with Gasteiger partial charge in [-0.2, -0.15) is 5.26 Å². The molecule has 0 spiro atoms. The third-order valence-corrected chi connectivity index (χ3v) is 5.35. The second-order valence-electron chi connectivity index (χ2n) is 6.90. The van der Waals surface area contributed by atoms with Gasteiger partial charge < -0.3 is 9.80 Å². The van der Waals surface area contributed by atoms with Crippen molar-refractivity contribution in [3.8, 4) is 6.07 Å². The van der Waals surface area contributed by atoms with Crippen molar-refractivity contribution in [3.05, 3.63) is 47.9 Å². The number of carbonyl (C=O) groups is 1. The normalized spacial score (nSPS) is 17.0. The molecule has 0 radical (unpaired) electrons. The molecule has 6 heteroatoms. The predicted molar refractivity (Wildman–Crippen MR) is 98.8 cm³/mol. The average Bonchev–Trinajstić information content (AvgIpc) is 3.13. The van der Waals surface area contributed by atoms with E-state index in [1.54, 1.807) is 12.4 Å². The number of benzene rings is 1. The Balaban J connectivity index is 1.36. The Hall–Kier alpha value is -2.94. The van der Waals surface area contributed by atoms with Gasteiger partial charge in [0.25, 0.3) is 0 Å². The molecule has 6 nitrogen and oxygen atoms in total. The number of nitriles is 1. The Bertz CT molecular complexity index is 851. The lowest BCUT2D eigenvalue weighted by Gasteiger charge is -2.33. The van der Waals surface area contributed by atoms with E-state index in [0.29, 0.717) is 23.9 Å². The Morgan fingerprint density at radius 1 is 1.15 bits per heavy atom. The first-order valence-corrected chi connectivity index (χ1v) is 9.10. The number of para-hydroxylation sites is 1. The van der Waals surface area contributed by atoms with Crippen molar-refractivity contribution in [2.75, 3.05) is 29.4 Å². The topological polar surface area (TPSA) is 73.1 Å². The number of hydrogen-bond acceptors (Lipinski definition) is 5. The molecule has 0 aliphatic carbocycles. The van der Waals surface area contributed by atoms with E-state index in [4.69, 9.17) is 0 Å². The maximum absolute atomic E-state index is 12.8. The first-order chi connectivity index (χ1) is 12.8. The molecule has 2 aliphatic rings. The standard InChI is InChI=1S/C20H21N5O/c21-14-17-20(23-9-8-22-17)24-10-5-15(6-11-24)13-19(26)25-12-7-16-3-1-2-4-18(16)25/h1-4,8-9,15H,5-7,10-13H2. The summed E-state index contributed by atoms with van der Waals surface area (Å²) < 4.78 is 0. The van der Waals surface area contributed by atoms with Crippen molar-refractivity contribution in [2.45, 2.75) is 25.7 Å². The first kappa shape index (κ1) is 16.5.